The average molecular weight is 319 g/mol. The van der Waals surface area contributed by atoms with Gasteiger partial charge in [-0.1, -0.05) is 18.2 Å². The van der Waals surface area contributed by atoms with Crippen LogP contribution in [0, 0.1) is 11.6 Å². The van der Waals surface area contributed by atoms with E-state index in [9.17, 15) is 13.6 Å². The molecule has 1 amide bonds. The van der Waals surface area contributed by atoms with Crippen molar-refractivity contribution in [2.75, 3.05) is 7.11 Å². The first-order valence-electron chi connectivity index (χ1n) is 7.37. The number of halogens is 2. The van der Waals surface area contributed by atoms with Crippen molar-refractivity contribution in [3.63, 3.8) is 0 Å². The van der Waals surface area contributed by atoms with Crippen LogP contribution in [0.3, 0.4) is 0 Å². The molecule has 2 rings (SSSR count). The second-order valence-corrected chi connectivity index (χ2v) is 5.31. The van der Waals surface area contributed by atoms with Crippen molar-refractivity contribution in [2.45, 2.75) is 25.8 Å². The number of carbonyl (C=O) groups is 1. The molecule has 122 valence electrons. The van der Waals surface area contributed by atoms with E-state index in [0.29, 0.717) is 18.4 Å². The van der Waals surface area contributed by atoms with Crippen molar-refractivity contribution in [1.82, 2.24) is 5.32 Å². The van der Waals surface area contributed by atoms with Crippen LogP contribution in [0.25, 0.3) is 0 Å². The number of rotatable bonds is 6. The number of amides is 1. The summed E-state index contributed by atoms with van der Waals surface area (Å²) in [5.74, 6) is -1.18. The third kappa shape index (κ3) is 4.77. The van der Waals surface area contributed by atoms with Crippen molar-refractivity contribution >= 4 is 5.91 Å². The number of ether oxygens (including phenoxy) is 1. The maximum Gasteiger partial charge on any atom is 0.220 e. The summed E-state index contributed by atoms with van der Waals surface area (Å²) in [5, 5.41) is 2.78. The minimum Gasteiger partial charge on any atom is -0.497 e. The van der Waals surface area contributed by atoms with Gasteiger partial charge in [-0.3, -0.25) is 4.79 Å². The Labute approximate surface area is 134 Å². The fourth-order valence-corrected chi connectivity index (χ4v) is 2.23. The Morgan fingerprint density at radius 2 is 1.83 bits per heavy atom. The molecular formula is C18H19F2NO2. The third-order valence-corrected chi connectivity index (χ3v) is 3.62. The number of benzene rings is 2. The lowest BCUT2D eigenvalue weighted by atomic mass is 10.1. The standard InChI is InChI=1S/C18H19F2NO2/c1-12(14-6-9-16(19)17(20)11-14)21-18(22)10-5-13-3-7-15(23-2)8-4-13/h3-4,6-9,11-12H,5,10H2,1-2H3,(H,21,22). The molecule has 0 radical (unpaired) electrons. The maximum atomic E-state index is 13.2. The van der Waals surface area contributed by atoms with Gasteiger partial charge in [0.05, 0.1) is 13.2 Å². The van der Waals surface area contributed by atoms with Gasteiger partial charge in [0.25, 0.3) is 0 Å². The molecule has 2 aromatic rings. The molecule has 3 nitrogen and oxygen atoms in total. The van der Waals surface area contributed by atoms with Crippen LogP contribution in [0.1, 0.15) is 30.5 Å². The largest absolute Gasteiger partial charge is 0.497 e. The zero-order chi connectivity index (χ0) is 16.8. The van der Waals surface area contributed by atoms with Crippen molar-refractivity contribution in [3.05, 3.63) is 65.2 Å². The SMILES string of the molecule is COc1ccc(CCC(=O)NC(C)c2ccc(F)c(F)c2)cc1. The van der Waals surface area contributed by atoms with Crippen molar-refractivity contribution in [3.8, 4) is 5.75 Å². The van der Waals surface area contributed by atoms with E-state index in [1.165, 1.54) is 6.07 Å². The summed E-state index contributed by atoms with van der Waals surface area (Å²) in [6.45, 7) is 1.73. The fraction of sp³-hybridized carbons (Fsp3) is 0.278. The highest BCUT2D eigenvalue weighted by Crippen LogP contribution is 2.17. The van der Waals surface area contributed by atoms with Gasteiger partial charge in [-0.25, -0.2) is 8.78 Å². The summed E-state index contributed by atoms with van der Waals surface area (Å²) in [6.07, 6.45) is 0.917. The number of methoxy groups -OCH3 is 1. The molecule has 0 aliphatic carbocycles. The highest BCUT2D eigenvalue weighted by atomic mass is 19.2. The zero-order valence-corrected chi connectivity index (χ0v) is 13.1. The first-order valence-corrected chi connectivity index (χ1v) is 7.37. The van der Waals surface area contributed by atoms with Crippen LogP contribution in [0.15, 0.2) is 42.5 Å². The van der Waals surface area contributed by atoms with Gasteiger partial charge >= 0.3 is 0 Å². The second kappa shape index (κ2) is 7.72. The lowest BCUT2D eigenvalue weighted by Gasteiger charge is -2.14. The molecule has 1 N–H and O–H groups in total. The van der Waals surface area contributed by atoms with Gasteiger partial charge in [0, 0.05) is 6.42 Å². The maximum absolute atomic E-state index is 13.2. The summed E-state index contributed by atoms with van der Waals surface area (Å²) < 4.78 is 31.2. The van der Waals surface area contributed by atoms with Gasteiger partial charge in [-0.15, -0.1) is 0 Å². The number of hydrogen-bond donors (Lipinski definition) is 1. The smallest absolute Gasteiger partial charge is 0.220 e. The molecule has 5 heteroatoms. The van der Waals surface area contributed by atoms with E-state index in [2.05, 4.69) is 5.32 Å². The molecule has 0 aromatic heterocycles. The van der Waals surface area contributed by atoms with Gasteiger partial charge in [-0.05, 0) is 48.7 Å². The fourth-order valence-electron chi connectivity index (χ4n) is 2.23. The number of aryl methyl sites for hydroxylation is 1. The van der Waals surface area contributed by atoms with Crippen LogP contribution in [-0.2, 0) is 11.2 Å². The molecule has 0 aliphatic heterocycles. The topological polar surface area (TPSA) is 38.3 Å². The van der Waals surface area contributed by atoms with E-state index in [1.807, 2.05) is 24.3 Å². The molecule has 0 saturated heterocycles. The van der Waals surface area contributed by atoms with Crippen LogP contribution in [-0.4, -0.2) is 13.0 Å². The molecule has 2 aromatic carbocycles. The Balaban J connectivity index is 1.86. The summed E-state index contributed by atoms with van der Waals surface area (Å²) >= 11 is 0. The molecule has 1 unspecified atom stereocenters. The molecule has 0 heterocycles. The first-order chi connectivity index (χ1) is 11.0. The highest BCUT2D eigenvalue weighted by molar-refractivity contribution is 5.76. The Morgan fingerprint density at radius 1 is 1.13 bits per heavy atom. The molecule has 1 atom stereocenters. The summed E-state index contributed by atoms with van der Waals surface area (Å²) in [6, 6.07) is 10.7. The Kier molecular flexibility index (Phi) is 5.68. The number of nitrogens with one attached hydrogen (secondary N) is 1. The van der Waals surface area contributed by atoms with E-state index in [0.717, 1.165) is 23.4 Å². The van der Waals surface area contributed by atoms with Gasteiger partial charge in [0.15, 0.2) is 11.6 Å². The van der Waals surface area contributed by atoms with Crippen LogP contribution in [0.4, 0.5) is 8.78 Å². The van der Waals surface area contributed by atoms with Crippen molar-refractivity contribution in [2.24, 2.45) is 0 Å². The van der Waals surface area contributed by atoms with E-state index in [4.69, 9.17) is 4.74 Å². The van der Waals surface area contributed by atoms with Crippen LogP contribution in [0.2, 0.25) is 0 Å². The molecule has 0 aliphatic rings. The molecule has 0 saturated carbocycles. The minimum atomic E-state index is -0.915. The molecular weight excluding hydrogens is 300 g/mol. The summed E-state index contributed by atoms with van der Waals surface area (Å²) in [7, 11) is 1.60. The number of hydrogen-bond acceptors (Lipinski definition) is 2. The third-order valence-electron chi connectivity index (χ3n) is 3.62. The van der Waals surface area contributed by atoms with Gasteiger partial charge < -0.3 is 10.1 Å². The second-order valence-electron chi connectivity index (χ2n) is 5.31. The lowest BCUT2D eigenvalue weighted by Crippen LogP contribution is -2.26. The minimum absolute atomic E-state index is 0.141. The zero-order valence-electron chi connectivity index (χ0n) is 13.1. The van der Waals surface area contributed by atoms with Crippen molar-refractivity contribution < 1.29 is 18.3 Å². The normalized spacial score (nSPS) is 11.8. The van der Waals surface area contributed by atoms with Crippen molar-refractivity contribution in [1.29, 1.82) is 0 Å². The van der Waals surface area contributed by atoms with Crippen LogP contribution >= 0.6 is 0 Å². The lowest BCUT2D eigenvalue weighted by molar-refractivity contribution is -0.121. The van der Waals surface area contributed by atoms with Crippen LogP contribution in [0.5, 0.6) is 5.75 Å². The quantitative estimate of drug-likeness (QED) is 0.880. The predicted molar refractivity (Wildman–Crippen MR) is 84.2 cm³/mol. The monoisotopic (exact) mass is 319 g/mol. The summed E-state index contributed by atoms with van der Waals surface area (Å²) in [4.78, 5) is 12.0. The predicted octanol–water partition coefficient (Wildman–Crippen LogP) is 3.78. The van der Waals surface area contributed by atoms with Gasteiger partial charge in [0.2, 0.25) is 5.91 Å². The first kappa shape index (κ1) is 16.9. The van der Waals surface area contributed by atoms with E-state index >= 15 is 0 Å². The highest BCUT2D eigenvalue weighted by Gasteiger charge is 2.12. The van der Waals surface area contributed by atoms with Gasteiger partial charge in [-0.2, -0.15) is 0 Å². The van der Waals surface area contributed by atoms with Gasteiger partial charge in [0.1, 0.15) is 5.75 Å². The Hall–Kier alpha value is -2.43. The van der Waals surface area contributed by atoms with E-state index in [-0.39, 0.29) is 11.9 Å². The summed E-state index contributed by atoms with van der Waals surface area (Å²) in [5.41, 5.74) is 1.56. The van der Waals surface area contributed by atoms with E-state index in [1.54, 1.807) is 14.0 Å². The number of carbonyl (C=O) groups excluding carboxylic acids is 1. The Morgan fingerprint density at radius 3 is 2.43 bits per heavy atom. The molecule has 0 bridgehead atoms. The molecule has 23 heavy (non-hydrogen) atoms. The molecule has 0 fully saturated rings. The molecule has 0 spiro atoms. The Bertz CT molecular complexity index is 671. The average Bonchev–Trinajstić information content (AvgIpc) is 2.55. The van der Waals surface area contributed by atoms with E-state index < -0.39 is 11.6 Å². The van der Waals surface area contributed by atoms with Crippen LogP contribution < -0.4 is 10.1 Å².